The van der Waals surface area contributed by atoms with Crippen molar-refractivity contribution in [3.8, 4) is 11.4 Å². The molecule has 1 heterocycles. The van der Waals surface area contributed by atoms with E-state index in [2.05, 4.69) is 15.5 Å². The van der Waals surface area contributed by atoms with Crippen LogP contribution in [0.15, 0.2) is 35.2 Å². The summed E-state index contributed by atoms with van der Waals surface area (Å²) in [6.45, 7) is 2.68. The van der Waals surface area contributed by atoms with E-state index in [-0.39, 0.29) is 24.5 Å². The van der Waals surface area contributed by atoms with Crippen LogP contribution >= 0.6 is 0 Å². The number of rotatable bonds is 7. The summed E-state index contributed by atoms with van der Waals surface area (Å²) >= 11 is 0. The first-order valence-corrected chi connectivity index (χ1v) is 8.20. The fourth-order valence-corrected chi connectivity index (χ4v) is 3.01. The van der Waals surface area contributed by atoms with Gasteiger partial charge < -0.3 is 14.9 Å². The van der Waals surface area contributed by atoms with Gasteiger partial charge in [-0.2, -0.15) is 4.98 Å². The Kier molecular flexibility index (Phi) is 5.08. The van der Waals surface area contributed by atoms with Crippen LogP contribution in [0.5, 0.6) is 0 Å². The van der Waals surface area contributed by atoms with E-state index >= 15 is 0 Å². The molecule has 0 spiro atoms. The second-order valence-electron chi connectivity index (χ2n) is 6.08. The van der Waals surface area contributed by atoms with E-state index < -0.39 is 5.97 Å². The number of amides is 1. The van der Waals surface area contributed by atoms with Crippen molar-refractivity contribution in [3.63, 3.8) is 0 Å². The fourth-order valence-electron chi connectivity index (χ4n) is 3.01. The molecule has 1 saturated carbocycles. The Bertz CT molecular complexity index is 724. The Labute approximate surface area is 144 Å². The van der Waals surface area contributed by atoms with Crippen LogP contribution in [-0.2, 0) is 4.79 Å². The molecule has 1 aromatic carbocycles. The molecular weight excluding hydrogens is 324 g/mol. The van der Waals surface area contributed by atoms with Crippen LogP contribution in [0.4, 0.5) is 0 Å². The highest BCUT2D eigenvalue weighted by Crippen LogP contribution is 2.26. The summed E-state index contributed by atoms with van der Waals surface area (Å²) in [6, 6.07) is 7.29. The van der Waals surface area contributed by atoms with Gasteiger partial charge in [0.05, 0.1) is 6.54 Å². The van der Waals surface area contributed by atoms with Gasteiger partial charge in [0.15, 0.2) is 0 Å². The third-order valence-electron chi connectivity index (χ3n) is 4.48. The molecule has 132 valence electrons. The number of benzene rings is 1. The summed E-state index contributed by atoms with van der Waals surface area (Å²) in [4.78, 5) is 29.0. The summed E-state index contributed by atoms with van der Waals surface area (Å²) in [5, 5.41) is 15.6. The van der Waals surface area contributed by atoms with E-state index in [1.54, 1.807) is 24.3 Å². The molecule has 1 aliphatic carbocycles. The van der Waals surface area contributed by atoms with Gasteiger partial charge in [0.2, 0.25) is 12.2 Å². The first-order valence-electron chi connectivity index (χ1n) is 8.20. The number of hydrogen-bond donors (Lipinski definition) is 2. The van der Waals surface area contributed by atoms with Crippen LogP contribution in [0, 0.1) is 0 Å². The molecule has 25 heavy (non-hydrogen) atoms. The molecule has 2 aromatic rings. The Morgan fingerprint density at radius 3 is 2.60 bits per heavy atom. The zero-order chi connectivity index (χ0) is 17.8. The van der Waals surface area contributed by atoms with Crippen molar-refractivity contribution in [2.45, 2.75) is 31.8 Å². The quantitative estimate of drug-likeness (QED) is 0.781. The number of hydrogen-bond acceptors (Lipinski definition) is 6. The number of carbonyl (C=O) groups excluding carboxylic acids is 1. The summed E-state index contributed by atoms with van der Waals surface area (Å²) < 4.78 is 4.70. The lowest BCUT2D eigenvalue weighted by Gasteiger charge is -2.42. The van der Waals surface area contributed by atoms with Crippen molar-refractivity contribution < 1.29 is 19.2 Å². The average molecular weight is 344 g/mol. The largest absolute Gasteiger partial charge is 0.480 e. The van der Waals surface area contributed by atoms with Gasteiger partial charge in [-0.1, -0.05) is 24.2 Å². The Morgan fingerprint density at radius 2 is 2.04 bits per heavy atom. The molecule has 1 amide bonds. The van der Waals surface area contributed by atoms with E-state index in [1.165, 1.54) is 6.39 Å². The predicted molar refractivity (Wildman–Crippen MR) is 88.9 cm³/mol. The lowest BCUT2D eigenvalue weighted by molar-refractivity contribution is -0.139. The topological polar surface area (TPSA) is 109 Å². The molecule has 0 saturated heterocycles. The van der Waals surface area contributed by atoms with Gasteiger partial charge in [-0.15, -0.1) is 0 Å². The molecule has 8 heteroatoms. The minimum Gasteiger partial charge on any atom is -0.480 e. The number of nitrogens with zero attached hydrogens (tertiary/aromatic N) is 3. The van der Waals surface area contributed by atoms with Gasteiger partial charge in [-0.05, 0) is 31.5 Å². The molecular formula is C17H20N4O4. The number of carbonyl (C=O) groups is 2. The summed E-state index contributed by atoms with van der Waals surface area (Å²) in [5.41, 5.74) is 1.34. The number of carboxylic acids is 1. The predicted octanol–water partition coefficient (Wildman–Crippen LogP) is 1.40. The molecule has 1 aliphatic rings. The SMILES string of the molecule is CCN(CC(=O)O)C1CC(NC(=O)c2ccc(-c3ncon3)cc2)C1. The number of nitrogens with one attached hydrogen (secondary N) is 1. The van der Waals surface area contributed by atoms with E-state index in [0.29, 0.717) is 17.9 Å². The summed E-state index contributed by atoms with van der Waals surface area (Å²) in [6.07, 6.45) is 2.80. The Morgan fingerprint density at radius 1 is 1.32 bits per heavy atom. The lowest BCUT2D eigenvalue weighted by atomic mass is 9.85. The van der Waals surface area contributed by atoms with E-state index in [1.807, 2.05) is 11.8 Å². The second kappa shape index (κ2) is 7.43. The molecule has 2 N–H and O–H groups in total. The fraction of sp³-hybridized carbons (Fsp3) is 0.412. The van der Waals surface area contributed by atoms with Crippen LogP contribution in [0.25, 0.3) is 11.4 Å². The first-order chi connectivity index (χ1) is 12.1. The van der Waals surface area contributed by atoms with Crippen LogP contribution in [0.1, 0.15) is 30.1 Å². The average Bonchev–Trinajstić information content (AvgIpc) is 3.10. The highest BCUT2D eigenvalue weighted by Gasteiger charge is 2.34. The number of aromatic nitrogens is 2. The van der Waals surface area contributed by atoms with E-state index in [9.17, 15) is 9.59 Å². The maximum absolute atomic E-state index is 12.3. The molecule has 0 aliphatic heterocycles. The van der Waals surface area contributed by atoms with Gasteiger partial charge >= 0.3 is 5.97 Å². The molecule has 0 atom stereocenters. The number of likely N-dealkylation sites (N-methyl/N-ethyl adjacent to an activating group) is 1. The first kappa shape index (κ1) is 17.1. The minimum atomic E-state index is -0.823. The molecule has 0 radical (unpaired) electrons. The maximum atomic E-state index is 12.3. The van der Waals surface area contributed by atoms with Crippen LogP contribution in [0.2, 0.25) is 0 Å². The highest BCUT2D eigenvalue weighted by molar-refractivity contribution is 5.94. The zero-order valence-corrected chi connectivity index (χ0v) is 13.9. The van der Waals surface area contributed by atoms with Crippen LogP contribution < -0.4 is 5.32 Å². The van der Waals surface area contributed by atoms with Crippen molar-refractivity contribution in [2.24, 2.45) is 0 Å². The Balaban J connectivity index is 1.51. The normalized spacial score (nSPS) is 19.4. The Hall–Kier alpha value is -2.74. The number of aliphatic carboxylic acids is 1. The minimum absolute atomic E-state index is 0.0410. The van der Waals surface area contributed by atoms with Gasteiger partial charge in [0.25, 0.3) is 5.91 Å². The van der Waals surface area contributed by atoms with Crippen molar-refractivity contribution in [1.82, 2.24) is 20.4 Å². The van der Waals surface area contributed by atoms with Crippen molar-refractivity contribution in [2.75, 3.05) is 13.1 Å². The van der Waals surface area contributed by atoms with Gasteiger partial charge in [0.1, 0.15) is 0 Å². The van der Waals surface area contributed by atoms with Gasteiger partial charge in [-0.25, -0.2) is 0 Å². The summed E-state index contributed by atoms with van der Waals surface area (Å²) in [5.74, 6) is -0.479. The molecule has 1 fully saturated rings. The monoisotopic (exact) mass is 344 g/mol. The molecule has 1 aromatic heterocycles. The number of carboxylic acid groups (broad SMARTS) is 1. The third-order valence-corrected chi connectivity index (χ3v) is 4.48. The van der Waals surface area contributed by atoms with E-state index in [0.717, 1.165) is 18.4 Å². The molecule has 3 rings (SSSR count). The van der Waals surface area contributed by atoms with Crippen molar-refractivity contribution in [1.29, 1.82) is 0 Å². The zero-order valence-electron chi connectivity index (χ0n) is 13.9. The lowest BCUT2D eigenvalue weighted by Crippen LogP contribution is -2.54. The van der Waals surface area contributed by atoms with Crippen LogP contribution in [0.3, 0.4) is 0 Å². The molecule has 8 nitrogen and oxygen atoms in total. The van der Waals surface area contributed by atoms with Gasteiger partial charge in [0, 0.05) is 23.2 Å². The summed E-state index contributed by atoms with van der Waals surface area (Å²) in [7, 11) is 0. The smallest absolute Gasteiger partial charge is 0.317 e. The van der Waals surface area contributed by atoms with Crippen molar-refractivity contribution in [3.05, 3.63) is 36.2 Å². The van der Waals surface area contributed by atoms with Crippen molar-refractivity contribution >= 4 is 11.9 Å². The molecule has 0 unspecified atom stereocenters. The van der Waals surface area contributed by atoms with Crippen LogP contribution in [-0.4, -0.2) is 57.2 Å². The molecule has 0 bridgehead atoms. The second-order valence-corrected chi connectivity index (χ2v) is 6.08. The standard InChI is InChI=1S/C17H20N4O4/c1-2-21(9-15(22)23)14-7-13(8-14)19-17(24)12-5-3-11(4-6-12)16-18-10-25-20-16/h3-6,10,13-14H,2,7-9H2,1H3,(H,19,24)(H,22,23). The highest BCUT2D eigenvalue weighted by atomic mass is 16.5. The van der Waals surface area contributed by atoms with E-state index in [4.69, 9.17) is 9.63 Å². The third kappa shape index (κ3) is 4.03. The maximum Gasteiger partial charge on any atom is 0.317 e. The van der Waals surface area contributed by atoms with Gasteiger partial charge in [-0.3, -0.25) is 14.5 Å².